The summed E-state index contributed by atoms with van der Waals surface area (Å²) >= 11 is 0.642. The van der Waals surface area contributed by atoms with Gasteiger partial charge in [0.25, 0.3) is 5.56 Å². The van der Waals surface area contributed by atoms with E-state index in [9.17, 15) is 18.0 Å². The number of aromatic amines is 1. The number of aromatic nitrogens is 2. The van der Waals surface area contributed by atoms with Crippen LogP contribution in [-0.2, 0) is 0 Å². The molecular weight excluding hydrogens is 245 g/mol. The second-order valence-corrected chi connectivity index (χ2v) is 4.08. The number of alkyl halides is 3. The van der Waals surface area contributed by atoms with Crippen molar-refractivity contribution < 1.29 is 18.3 Å². The van der Waals surface area contributed by atoms with Crippen LogP contribution in [0.3, 0.4) is 0 Å². The third-order valence-electron chi connectivity index (χ3n) is 1.71. The van der Waals surface area contributed by atoms with Gasteiger partial charge in [0, 0.05) is 17.5 Å². The van der Waals surface area contributed by atoms with E-state index in [0.29, 0.717) is 17.3 Å². The van der Waals surface area contributed by atoms with E-state index < -0.39 is 23.6 Å². The molecule has 4 nitrogen and oxygen atoms in total. The Labute approximate surface area is 92.9 Å². The van der Waals surface area contributed by atoms with Crippen LogP contribution in [0.25, 0.3) is 0 Å². The normalized spacial score (nSPS) is 13.8. The van der Waals surface area contributed by atoms with Gasteiger partial charge in [-0.2, -0.15) is 13.2 Å². The number of aliphatic hydroxyl groups excluding tert-OH is 1. The first-order chi connectivity index (χ1) is 7.30. The Hall–Kier alpha value is -1.02. The number of rotatable bonds is 3. The van der Waals surface area contributed by atoms with Gasteiger partial charge in [-0.15, -0.1) is 0 Å². The molecule has 0 aliphatic carbocycles. The lowest BCUT2D eigenvalue weighted by atomic mass is 10.4. The molecule has 0 spiro atoms. The van der Waals surface area contributed by atoms with Crippen molar-refractivity contribution in [3.05, 3.63) is 22.1 Å². The number of aliphatic hydroxyl groups is 1. The number of nitrogens with zero attached hydrogens (tertiary/aromatic N) is 1. The predicted molar refractivity (Wildman–Crippen MR) is 52.4 cm³/mol. The van der Waals surface area contributed by atoms with E-state index in [-0.39, 0.29) is 5.16 Å². The van der Waals surface area contributed by atoms with E-state index in [1.54, 1.807) is 0 Å². The van der Waals surface area contributed by atoms with E-state index in [4.69, 9.17) is 5.11 Å². The van der Waals surface area contributed by atoms with Crippen molar-refractivity contribution in [2.75, 3.05) is 5.75 Å². The summed E-state index contributed by atoms with van der Waals surface area (Å²) in [5, 5.41) is 8.76. The Bertz CT molecular complexity index is 418. The summed E-state index contributed by atoms with van der Waals surface area (Å²) in [5.74, 6) is -0.602. The molecule has 0 radical (unpaired) electrons. The van der Waals surface area contributed by atoms with E-state index in [2.05, 4.69) is 9.97 Å². The minimum absolute atomic E-state index is 0.0545. The van der Waals surface area contributed by atoms with Gasteiger partial charge in [-0.25, -0.2) is 4.98 Å². The first-order valence-corrected chi connectivity index (χ1v) is 5.23. The minimum atomic E-state index is -4.65. The monoisotopic (exact) mass is 254 g/mol. The van der Waals surface area contributed by atoms with Gasteiger partial charge >= 0.3 is 6.18 Å². The van der Waals surface area contributed by atoms with Gasteiger partial charge in [-0.05, 0) is 6.92 Å². The van der Waals surface area contributed by atoms with Crippen LogP contribution in [0.15, 0.2) is 16.1 Å². The molecule has 0 saturated heterocycles. The molecule has 0 aliphatic heterocycles. The number of nitrogens with one attached hydrogen (secondary N) is 1. The van der Waals surface area contributed by atoms with Crippen molar-refractivity contribution >= 4 is 11.8 Å². The standard InChI is InChI=1S/C8H9F3N2O2S/c1-4-2-12-7(13-6(4)15)16-3-5(14)8(9,10)11/h2,5,14H,3H2,1H3,(H,12,13,15). The molecule has 0 amide bonds. The molecule has 8 heteroatoms. The fraction of sp³-hybridized carbons (Fsp3) is 0.500. The lowest BCUT2D eigenvalue weighted by molar-refractivity contribution is -0.195. The van der Waals surface area contributed by atoms with Crippen LogP contribution in [0.5, 0.6) is 0 Å². The average molecular weight is 254 g/mol. The number of aryl methyl sites for hydroxylation is 1. The van der Waals surface area contributed by atoms with Crippen LogP contribution in [-0.4, -0.2) is 33.1 Å². The molecule has 1 rings (SSSR count). The van der Waals surface area contributed by atoms with Crippen LogP contribution in [0.4, 0.5) is 13.2 Å². The molecule has 1 aromatic heterocycles. The molecule has 0 aromatic carbocycles. The van der Waals surface area contributed by atoms with Crippen molar-refractivity contribution in [1.29, 1.82) is 0 Å². The van der Waals surface area contributed by atoms with Crippen LogP contribution in [0, 0.1) is 6.92 Å². The van der Waals surface area contributed by atoms with Gasteiger partial charge in [0.2, 0.25) is 0 Å². The fourth-order valence-electron chi connectivity index (χ4n) is 0.768. The first-order valence-electron chi connectivity index (χ1n) is 4.24. The molecule has 90 valence electrons. The Morgan fingerprint density at radius 2 is 2.25 bits per heavy atom. The van der Waals surface area contributed by atoms with Crippen molar-refractivity contribution in [3.63, 3.8) is 0 Å². The summed E-state index contributed by atoms with van der Waals surface area (Å²) in [5.41, 5.74) is -0.0280. The maximum atomic E-state index is 11.9. The third kappa shape index (κ3) is 3.53. The molecule has 2 N–H and O–H groups in total. The summed E-state index contributed by atoms with van der Waals surface area (Å²) in [6.45, 7) is 1.53. The smallest absolute Gasteiger partial charge is 0.383 e. The number of H-pyrrole nitrogens is 1. The highest BCUT2D eigenvalue weighted by Gasteiger charge is 2.38. The van der Waals surface area contributed by atoms with E-state index in [1.165, 1.54) is 13.1 Å². The number of thioether (sulfide) groups is 1. The highest BCUT2D eigenvalue weighted by molar-refractivity contribution is 7.99. The van der Waals surface area contributed by atoms with Crippen molar-refractivity contribution in [2.24, 2.45) is 0 Å². The zero-order chi connectivity index (χ0) is 12.3. The Kier molecular flexibility index (Phi) is 3.98. The maximum absolute atomic E-state index is 11.9. The van der Waals surface area contributed by atoms with Crippen LogP contribution in [0.2, 0.25) is 0 Å². The SMILES string of the molecule is Cc1cnc(SCC(O)C(F)(F)F)[nH]c1=O. The summed E-state index contributed by atoms with van der Waals surface area (Å²) in [7, 11) is 0. The Balaban J connectivity index is 2.62. The van der Waals surface area contributed by atoms with Crippen molar-refractivity contribution in [1.82, 2.24) is 9.97 Å². The molecule has 16 heavy (non-hydrogen) atoms. The largest absolute Gasteiger partial charge is 0.415 e. The maximum Gasteiger partial charge on any atom is 0.415 e. The molecular formula is C8H9F3N2O2S. The van der Waals surface area contributed by atoms with Crippen molar-refractivity contribution in [3.8, 4) is 0 Å². The summed E-state index contributed by atoms with van der Waals surface area (Å²) in [4.78, 5) is 17.1. The first kappa shape index (κ1) is 13.0. The second-order valence-electron chi connectivity index (χ2n) is 3.07. The van der Waals surface area contributed by atoms with Gasteiger partial charge in [0.05, 0.1) is 0 Å². The quantitative estimate of drug-likeness (QED) is 0.626. The molecule has 1 atom stereocenters. The van der Waals surface area contributed by atoms with Crippen LogP contribution in [0.1, 0.15) is 5.56 Å². The Morgan fingerprint density at radius 1 is 1.62 bits per heavy atom. The van der Waals surface area contributed by atoms with Crippen LogP contribution < -0.4 is 5.56 Å². The molecule has 1 heterocycles. The highest BCUT2D eigenvalue weighted by Crippen LogP contribution is 2.24. The number of halogens is 3. The second kappa shape index (κ2) is 4.88. The van der Waals surface area contributed by atoms with Crippen LogP contribution >= 0.6 is 11.8 Å². The zero-order valence-electron chi connectivity index (χ0n) is 8.21. The molecule has 0 fully saturated rings. The lowest BCUT2D eigenvalue weighted by Gasteiger charge is -2.13. The zero-order valence-corrected chi connectivity index (χ0v) is 9.02. The molecule has 0 bridgehead atoms. The topological polar surface area (TPSA) is 66.0 Å². The van der Waals surface area contributed by atoms with E-state index >= 15 is 0 Å². The van der Waals surface area contributed by atoms with E-state index in [0.717, 1.165) is 0 Å². The predicted octanol–water partition coefficient (Wildman–Crippen LogP) is 1.09. The number of hydrogen-bond donors (Lipinski definition) is 2. The van der Waals surface area contributed by atoms with E-state index in [1.807, 2.05) is 0 Å². The fourth-order valence-corrected chi connectivity index (χ4v) is 1.56. The molecule has 1 aromatic rings. The molecule has 0 aliphatic rings. The van der Waals surface area contributed by atoms with Gasteiger partial charge in [-0.1, -0.05) is 11.8 Å². The Morgan fingerprint density at radius 3 is 2.75 bits per heavy atom. The lowest BCUT2D eigenvalue weighted by Crippen LogP contribution is -2.30. The summed E-state index contributed by atoms with van der Waals surface area (Å²) in [6, 6.07) is 0. The molecule has 0 saturated carbocycles. The number of hydrogen-bond acceptors (Lipinski definition) is 4. The third-order valence-corrected chi connectivity index (χ3v) is 2.67. The van der Waals surface area contributed by atoms with Gasteiger partial charge in [-0.3, -0.25) is 4.79 Å². The minimum Gasteiger partial charge on any atom is -0.383 e. The molecule has 1 unspecified atom stereocenters. The average Bonchev–Trinajstić information content (AvgIpc) is 2.18. The van der Waals surface area contributed by atoms with Gasteiger partial charge in [0.1, 0.15) is 0 Å². The van der Waals surface area contributed by atoms with Gasteiger partial charge in [0.15, 0.2) is 11.3 Å². The summed E-state index contributed by atoms with van der Waals surface area (Å²) < 4.78 is 35.8. The summed E-state index contributed by atoms with van der Waals surface area (Å²) in [6.07, 6.45) is -5.82. The van der Waals surface area contributed by atoms with Gasteiger partial charge < -0.3 is 10.1 Å². The van der Waals surface area contributed by atoms with Crippen molar-refractivity contribution in [2.45, 2.75) is 24.4 Å². The highest BCUT2D eigenvalue weighted by atomic mass is 32.2.